The molecule has 0 aromatic rings. The summed E-state index contributed by atoms with van der Waals surface area (Å²) in [5.41, 5.74) is 0. The van der Waals surface area contributed by atoms with Gasteiger partial charge in [-0.3, -0.25) is 9.59 Å². The monoisotopic (exact) mass is 921 g/mol. The number of hydrogen-bond donors (Lipinski definition) is 4. The molecule has 1 rings (SSSR count). The van der Waals surface area contributed by atoms with E-state index in [-0.39, 0.29) is 26.1 Å². The summed E-state index contributed by atoms with van der Waals surface area (Å²) in [6.45, 7) is 3.41. The first kappa shape index (κ1) is 60.9. The molecule has 65 heavy (non-hydrogen) atoms. The Kier molecular flexibility index (Phi) is 42.8. The van der Waals surface area contributed by atoms with E-state index in [0.29, 0.717) is 12.8 Å². The average Bonchev–Trinajstić information content (AvgIpc) is 3.30. The third-order valence-electron chi connectivity index (χ3n) is 12.5. The molecule has 0 spiro atoms. The SMILES string of the molecule is CCCCCCCC/C=C/CCCCCCCCCC(=O)O[C@@H](COC(=O)CCC/C=C/CC/C=C/CCCCCCCCCCCCCCCC)CO[C@H]1O[C@@H](CO)[C@@H](O)C(O)C1O. The molecule has 4 N–H and O–H groups in total. The van der Waals surface area contributed by atoms with Crippen LogP contribution in [0.1, 0.15) is 245 Å². The Morgan fingerprint density at radius 1 is 0.462 bits per heavy atom. The van der Waals surface area contributed by atoms with E-state index in [0.717, 1.165) is 51.4 Å². The van der Waals surface area contributed by atoms with Crippen LogP contribution in [0.15, 0.2) is 36.5 Å². The first-order valence-electron chi connectivity index (χ1n) is 27.1. The van der Waals surface area contributed by atoms with Gasteiger partial charge in [-0.25, -0.2) is 0 Å². The van der Waals surface area contributed by atoms with Gasteiger partial charge in [0.15, 0.2) is 12.4 Å². The summed E-state index contributed by atoms with van der Waals surface area (Å²) >= 11 is 0. The molecule has 0 radical (unpaired) electrons. The number of allylic oxidation sites excluding steroid dienone is 6. The average molecular weight is 921 g/mol. The van der Waals surface area contributed by atoms with Crippen LogP contribution < -0.4 is 0 Å². The van der Waals surface area contributed by atoms with Crippen LogP contribution in [-0.2, 0) is 28.5 Å². The van der Waals surface area contributed by atoms with Crippen molar-refractivity contribution >= 4 is 11.9 Å². The van der Waals surface area contributed by atoms with Crippen LogP contribution in [0.2, 0.25) is 0 Å². The third kappa shape index (κ3) is 36.6. The van der Waals surface area contributed by atoms with Crippen LogP contribution in [0.5, 0.6) is 0 Å². The molecule has 6 atom stereocenters. The Balaban J connectivity index is 2.26. The van der Waals surface area contributed by atoms with E-state index in [1.54, 1.807) is 0 Å². The van der Waals surface area contributed by atoms with Gasteiger partial charge in [0, 0.05) is 12.8 Å². The van der Waals surface area contributed by atoms with Crippen LogP contribution in [0.4, 0.5) is 0 Å². The molecule has 1 heterocycles. The Hall–Kier alpha value is -2.08. The van der Waals surface area contributed by atoms with Gasteiger partial charge in [-0.2, -0.15) is 0 Å². The highest BCUT2D eigenvalue weighted by Crippen LogP contribution is 2.23. The lowest BCUT2D eigenvalue weighted by Gasteiger charge is -2.39. The lowest BCUT2D eigenvalue weighted by molar-refractivity contribution is -0.305. The van der Waals surface area contributed by atoms with Crippen LogP contribution >= 0.6 is 0 Å². The summed E-state index contributed by atoms with van der Waals surface area (Å²) in [7, 11) is 0. The maximum Gasteiger partial charge on any atom is 0.306 e. The Labute approximate surface area is 397 Å². The number of unbranched alkanes of at least 4 members (excludes halogenated alkanes) is 29. The van der Waals surface area contributed by atoms with Crippen molar-refractivity contribution in [2.24, 2.45) is 0 Å². The predicted octanol–water partition coefficient (Wildman–Crippen LogP) is 13.0. The van der Waals surface area contributed by atoms with Crippen LogP contribution in [-0.4, -0.2) is 89.0 Å². The number of aliphatic hydroxyl groups excluding tert-OH is 4. The predicted molar refractivity (Wildman–Crippen MR) is 266 cm³/mol. The first-order chi connectivity index (χ1) is 31.8. The normalized spacial score (nSPS) is 19.5. The largest absolute Gasteiger partial charge is 0.462 e. The minimum atomic E-state index is -1.60. The molecule has 380 valence electrons. The quantitative estimate of drug-likeness (QED) is 0.0264. The van der Waals surface area contributed by atoms with E-state index in [1.165, 1.54) is 154 Å². The van der Waals surface area contributed by atoms with E-state index in [4.69, 9.17) is 18.9 Å². The number of ether oxygens (including phenoxy) is 4. The van der Waals surface area contributed by atoms with Gasteiger partial charge in [-0.15, -0.1) is 0 Å². The zero-order chi connectivity index (χ0) is 47.3. The fourth-order valence-electron chi connectivity index (χ4n) is 8.20. The number of aliphatic hydroxyl groups is 4. The second-order valence-electron chi connectivity index (χ2n) is 18.7. The zero-order valence-electron chi connectivity index (χ0n) is 41.7. The van der Waals surface area contributed by atoms with Crippen molar-refractivity contribution in [2.45, 2.75) is 282 Å². The topological polar surface area (TPSA) is 152 Å². The maximum atomic E-state index is 12.8. The molecule has 1 fully saturated rings. The van der Waals surface area contributed by atoms with Crippen molar-refractivity contribution in [2.75, 3.05) is 19.8 Å². The molecule has 2 unspecified atom stereocenters. The molecule has 0 aromatic heterocycles. The van der Waals surface area contributed by atoms with E-state index < -0.39 is 55.4 Å². The van der Waals surface area contributed by atoms with Crippen LogP contribution in [0.25, 0.3) is 0 Å². The van der Waals surface area contributed by atoms with Gasteiger partial charge in [-0.05, 0) is 70.6 Å². The third-order valence-corrected chi connectivity index (χ3v) is 12.5. The molecule has 1 saturated heterocycles. The van der Waals surface area contributed by atoms with Gasteiger partial charge in [-0.1, -0.05) is 198 Å². The van der Waals surface area contributed by atoms with Crippen molar-refractivity contribution in [3.05, 3.63) is 36.5 Å². The molecule has 0 amide bonds. The molecule has 0 aromatic carbocycles. The molecule has 1 aliphatic heterocycles. The number of carbonyl (C=O) groups excluding carboxylic acids is 2. The fraction of sp³-hybridized carbons (Fsp3) is 0.855. The highest BCUT2D eigenvalue weighted by molar-refractivity contribution is 5.70. The molecular formula is C55H100O10. The van der Waals surface area contributed by atoms with Crippen molar-refractivity contribution in [1.29, 1.82) is 0 Å². The Morgan fingerprint density at radius 2 is 0.846 bits per heavy atom. The summed E-state index contributed by atoms with van der Waals surface area (Å²) < 4.78 is 22.2. The summed E-state index contributed by atoms with van der Waals surface area (Å²) in [6, 6.07) is 0. The van der Waals surface area contributed by atoms with Gasteiger partial charge >= 0.3 is 11.9 Å². The molecule has 0 aliphatic carbocycles. The van der Waals surface area contributed by atoms with Crippen molar-refractivity contribution < 1.29 is 49.0 Å². The van der Waals surface area contributed by atoms with Gasteiger partial charge in [0.1, 0.15) is 31.0 Å². The minimum Gasteiger partial charge on any atom is -0.462 e. The van der Waals surface area contributed by atoms with Gasteiger partial charge in [0.05, 0.1) is 13.2 Å². The van der Waals surface area contributed by atoms with Crippen molar-refractivity contribution in [3.8, 4) is 0 Å². The summed E-state index contributed by atoms with van der Waals surface area (Å²) in [5.74, 6) is -0.853. The van der Waals surface area contributed by atoms with Crippen LogP contribution in [0.3, 0.4) is 0 Å². The standard InChI is InChI=1S/C55H100O10/c1-3-5-7-9-11-13-15-17-19-21-22-23-24-25-26-28-29-31-33-35-37-39-41-43-50(57)62-46-48(47-63-55-54(61)53(60)52(59)49(45-56)65-55)64-51(58)44-42-40-38-36-34-32-30-27-20-18-16-14-12-10-8-6-4-2/h18,20,28-29,35,37,48-49,52-56,59-61H,3-17,19,21-27,30-34,36,38-47H2,1-2H3/b20-18+,29-28+,37-35+/t48-,49-,52+,53?,54?,55-/m0/s1. The minimum absolute atomic E-state index is 0.216. The second kappa shape index (κ2) is 45.7. The van der Waals surface area contributed by atoms with Gasteiger partial charge in [0.2, 0.25) is 0 Å². The molecule has 10 nitrogen and oxygen atoms in total. The maximum absolute atomic E-state index is 12.8. The first-order valence-corrected chi connectivity index (χ1v) is 27.1. The second-order valence-corrected chi connectivity index (χ2v) is 18.7. The lowest BCUT2D eigenvalue weighted by Crippen LogP contribution is -2.59. The number of hydrogen-bond acceptors (Lipinski definition) is 10. The lowest BCUT2D eigenvalue weighted by atomic mass is 9.99. The van der Waals surface area contributed by atoms with Gasteiger partial charge < -0.3 is 39.4 Å². The van der Waals surface area contributed by atoms with E-state index >= 15 is 0 Å². The molecule has 1 aliphatic rings. The smallest absolute Gasteiger partial charge is 0.306 e. The molecule has 10 heteroatoms. The van der Waals surface area contributed by atoms with E-state index in [9.17, 15) is 30.0 Å². The van der Waals surface area contributed by atoms with Crippen LogP contribution in [0, 0.1) is 0 Å². The Morgan fingerprint density at radius 3 is 1.29 bits per heavy atom. The van der Waals surface area contributed by atoms with Gasteiger partial charge in [0.25, 0.3) is 0 Å². The van der Waals surface area contributed by atoms with E-state index in [1.807, 2.05) is 0 Å². The molecule has 0 saturated carbocycles. The molecule has 0 bridgehead atoms. The molecular weight excluding hydrogens is 821 g/mol. The van der Waals surface area contributed by atoms with Crippen molar-refractivity contribution in [1.82, 2.24) is 0 Å². The summed E-state index contributed by atoms with van der Waals surface area (Å²) in [5, 5.41) is 40.2. The highest BCUT2D eigenvalue weighted by Gasteiger charge is 2.44. The van der Waals surface area contributed by atoms with E-state index in [2.05, 4.69) is 50.3 Å². The Bertz CT molecular complexity index is 1160. The fourth-order valence-corrected chi connectivity index (χ4v) is 8.20. The number of rotatable bonds is 46. The van der Waals surface area contributed by atoms with Crippen molar-refractivity contribution in [3.63, 3.8) is 0 Å². The number of carbonyl (C=O) groups is 2. The summed E-state index contributed by atoms with van der Waals surface area (Å²) in [4.78, 5) is 25.4. The number of esters is 2. The summed E-state index contributed by atoms with van der Waals surface area (Å²) in [6.07, 6.45) is 47.4. The highest BCUT2D eigenvalue weighted by atomic mass is 16.7. The zero-order valence-corrected chi connectivity index (χ0v) is 41.7.